The number of anilines is 1. The second-order valence-corrected chi connectivity index (χ2v) is 9.79. The minimum Gasteiger partial charge on any atom is -0.496 e. The summed E-state index contributed by atoms with van der Waals surface area (Å²) >= 11 is 0. The molecular formula is C27H26N4O7S. The van der Waals surface area contributed by atoms with Gasteiger partial charge in [0.1, 0.15) is 27.5 Å². The van der Waals surface area contributed by atoms with Crippen LogP contribution in [0.4, 0.5) is 5.82 Å². The van der Waals surface area contributed by atoms with Crippen LogP contribution in [0.15, 0.2) is 58.1 Å². The van der Waals surface area contributed by atoms with Crippen LogP contribution in [0.25, 0.3) is 11.0 Å². The number of benzene rings is 2. The van der Waals surface area contributed by atoms with Crippen LogP contribution < -0.4 is 24.2 Å². The molecule has 0 radical (unpaired) electrons. The van der Waals surface area contributed by atoms with Crippen LogP contribution in [0, 0.1) is 11.8 Å². The van der Waals surface area contributed by atoms with Gasteiger partial charge in [-0.1, -0.05) is 30.1 Å². The van der Waals surface area contributed by atoms with E-state index >= 15 is 0 Å². The summed E-state index contributed by atoms with van der Waals surface area (Å²) in [5, 5.41) is 6.89. The molecule has 0 aliphatic carbocycles. The van der Waals surface area contributed by atoms with Gasteiger partial charge >= 0.3 is 0 Å². The molecule has 0 unspecified atom stereocenters. The first-order chi connectivity index (χ1) is 18.8. The molecule has 2 aromatic heterocycles. The molecule has 11 nitrogen and oxygen atoms in total. The zero-order chi connectivity index (χ0) is 28.0. The first kappa shape index (κ1) is 27.3. The SMILES string of the molecule is CC#CC(=O)NCc1ccc(Oc2cc(OC)c3c(NS(=O)(=O)c4cc(CC)ccc4OC)noc3c2)nc1. The lowest BCUT2D eigenvalue weighted by Crippen LogP contribution is -2.20. The Morgan fingerprint density at radius 1 is 1.05 bits per heavy atom. The molecule has 0 saturated carbocycles. The third-order valence-corrected chi connectivity index (χ3v) is 6.96. The Morgan fingerprint density at radius 3 is 2.49 bits per heavy atom. The number of ether oxygens (including phenoxy) is 3. The molecule has 1 amide bonds. The van der Waals surface area contributed by atoms with Crippen molar-refractivity contribution < 1.29 is 31.9 Å². The van der Waals surface area contributed by atoms with Gasteiger partial charge in [-0.15, -0.1) is 0 Å². The van der Waals surface area contributed by atoms with Crippen LogP contribution in [-0.4, -0.2) is 38.7 Å². The zero-order valence-electron chi connectivity index (χ0n) is 21.7. The van der Waals surface area contributed by atoms with Crippen molar-refractivity contribution in [2.45, 2.75) is 31.7 Å². The molecule has 0 saturated heterocycles. The quantitative estimate of drug-likeness (QED) is 0.280. The maximum Gasteiger partial charge on any atom is 0.296 e. The van der Waals surface area contributed by atoms with Crippen molar-refractivity contribution >= 4 is 32.7 Å². The van der Waals surface area contributed by atoms with Crippen molar-refractivity contribution in [2.24, 2.45) is 0 Å². The number of sulfonamides is 1. The molecule has 2 heterocycles. The molecule has 0 aliphatic rings. The van der Waals surface area contributed by atoms with Crippen molar-refractivity contribution in [3.8, 4) is 35.0 Å². The monoisotopic (exact) mass is 550 g/mol. The van der Waals surface area contributed by atoms with Crippen LogP contribution in [0.5, 0.6) is 23.1 Å². The molecule has 12 heteroatoms. The van der Waals surface area contributed by atoms with E-state index in [1.807, 2.05) is 6.92 Å². The predicted octanol–water partition coefficient (Wildman–Crippen LogP) is 4.04. The highest BCUT2D eigenvalue weighted by Crippen LogP contribution is 2.38. The van der Waals surface area contributed by atoms with E-state index in [2.05, 4.69) is 32.0 Å². The molecule has 202 valence electrons. The van der Waals surface area contributed by atoms with Crippen LogP contribution in [0.1, 0.15) is 25.0 Å². The molecule has 0 atom stereocenters. The van der Waals surface area contributed by atoms with Crippen LogP contribution >= 0.6 is 0 Å². The summed E-state index contributed by atoms with van der Waals surface area (Å²) < 4.78 is 51.0. The van der Waals surface area contributed by atoms with E-state index in [0.717, 1.165) is 11.1 Å². The number of hydrogen-bond donors (Lipinski definition) is 2. The van der Waals surface area contributed by atoms with Gasteiger partial charge in [-0.3, -0.25) is 9.52 Å². The van der Waals surface area contributed by atoms with E-state index in [0.29, 0.717) is 17.6 Å². The van der Waals surface area contributed by atoms with Crippen LogP contribution in [-0.2, 0) is 27.8 Å². The summed E-state index contributed by atoms with van der Waals surface area (Å²) in [5.41, 5.74) is 1.82. The second kappa shape index (κ2) is 11.7. The van der Waals surface area contributed by atoms with E-state index in [9.17, 15) is 13.2 Å². The maximum absolute atomic E-state index is 13.3. The van der Waals surface area contributed by atoms with Crippen LogP contribution in [0.2, 0.25) is 0 Å². The Bertz CT molecular complexity index is 1670. The summed E-state index contributed by atoms with van der Waals surface area (Å²) in [7, 11) is -1.25. The summed E-state index contributed by atoms with van der Waals surface area (Å²) in [6, 6.07) is 11.5. The van der Waals surface area contributed by atoms with Gasteiger partial charge in [0.05, 0.1) is 14.2 Å². The van der Waals surface area contributed by atoms with Gasteiger partial charge in [0.25, 0.3) is 15.9 Å². The number of nitrogens with one attached hydrogen (secondary N) is 2. The Balaban J connectivity index is 1.57. The fraction of sp³-hybridized carbons (Fsp3) is 0.222. The van der Waals surface area contributed by atoms with E-state index in [4.69, 9.17) is 18.7 Å². The number of carbonyl (C=O) groups excluding carboxylic acids is 1. The molecule has 0 spiro atoms. The average molecular weight is 551 g/mol. The van der Waals surface area contributed by atoms with Crippen molar-refractivity contribution in [3.63, 3.8) is 0 Å². The van der Waals surface area contributed by atoms with Crippen molar-refractivity contribution in [2.75, 3.05) is 18.9 Å². The number of carbonyl (C=O) groups is 1. The lowest BCUT2D eigenvalue weighted by atomic mass is 10.2. The highest BCUT2D eigenvalue weighted by atomic mass is 32.2. The third kappa shape index (κ3) is 6.22. The average Bonchev–Trinajstić information content (AvgIpc) is 3.33. The Hall–Kier alpha value is -4.76. The number of nitrogens with zero attached hydrogens (tertiary/aromatic N) is 2. The van der Waals surface area contributed by atoms with Gasteiger partial charge in [0, 0.05) is 30.9 Å². The highest BCUT2D eigenvalue weighted by Gasteiger charge is 2.25. The molecule has 0 fully saturated rings. The second-order valence-electron chi connectivity index (χ2n) is 8.14. The lowest BCUT2D eigenvalue weighted by Gasteiger charge is -2.12. The van der Waals surface area contributed by atoms with Gasteiger partial charge in [0.15, 0.2) is 11.4 Å². The summed E-state index contributed by atoms with van der Waals surface area (Å²) in [4.78, 5) is 15.7. The smallest absolute Gasteiger partial charge is 0.296 e. The van der Waals surface area contributed by atoms with Crippen LogP contribution in [0.3, 0.4) is 0 Å². The van der Waals surface area contributed by atoms with E-state index in [-0.39, 0.29) is 46.1 Å². The molecule has 4 aromatic rings. The van der Waals surface area contributed by atoms with Gasteiger partial charge in [0.2, 0.25) is 5.88 Å². The number of hydrogen-bond acceptors (Lipinski definition) is 9. The summed E-state index contributed by atoms with van der Waals surface area (Å²) in [5.74, 6) is 5.59. The minimum atomic E-state index is -4.08. The minimum absolute atomic E-state index is 0.0215. The first-order valence-corrected chi connectivity index (χ1v) is 13.3. The number of rotatable bonds is 10. The molecule has 0 bridgehead atoms. The third-order valence-electron chi connectivity index (χ3n) is 5.60. The van der Waals surface area contributed by atoms with Crippen molar-refractivity contribution in [1.29, 1.82) is 0 Å². The van der Waals surface area contributed by atoms with E-state index < -0.39 is 10.0 Å². The topological polar surface area (TPSA) is 142 Å². The highest BCUT2D eigenvalue weighted by molar-refractivity contribution is 7.92. The van der Waals surface area contributed by atoms with Gasteiger partial charge in [-0.25, -0.2) is 13.4 Å². The Labute approximate surface area is 225 Å². The van der Waals surface area contributed by atoms with Gasteiger partial charge < -0.3 is 24.1 Å². The van der Waals surface area contributed by atoms with Gasteiger partial charge in [-0.2, -0.15) is 0 Å². The number of amides is 1. The Kier molecular flexibility index (Phi) is 8.21. The number of methoxy groups -OCH3 is 2. The van der Waals surface area contributed by atoms with Gasteiger partial charge in [-0.05, 0) is 42.5 Å². The lowest BCUT2D eigenvalue weighted by molar-refractivity contribution is -0.115. The number of aromatic nitrogens is 2. The summed E-state index contributed by atoms with van der Waals surface area (Å²) in [6.45, 7) is 3.78. The standard InChI is InChI=1S/C27H26N4O7S/c1-5-7-24(32)28-15-18-9-11-25(29-16-18)37-19-13-21(36-4)26-22(14-19)38-30-27(26)31-39(33,34)23-12-17(6-2)8-10-20(23)35-3/h8-14,16H,6,15H2,1-4H3,(H,28,32)(H,30,31). The molecule has 0 aliphatic heterocycles. The van der Waals surface area contributed by atoms with E-state index in [1.165, 1.54) is 14.2 Å². The fourth-order valence-corrected chi connectivity index (χ4v) is 4.90. The predicted molar refractivity (Wildman–Crippen MR) is 143 cm³/mol. The fourth-order valence-electron chi connectivity index (χ4n) is 3.67. The number of aryl methyl sites for hydroxylation is 1. The van der Waals surface area contributed by atoms with E-state index in [1.54, 1.807) is 55.6 Å². The molecule has 39 heavy (non-hydrogen) atoms. The Morgan fingerprint density at radius 2 is 1.82 bits per heavy atom. The molecule has 2 N–H and O–H groups in total. The summed E-state index contributed by atoms with van der Waals surface area (Å²) in [6.07, 6.45) is 2.21. The molecule has 4 rings (SSSR count). The number of pyridine rings is 1. The zero-order valence-corrected chi connectivity index (χ0v) is 22.5. The van der Waals surface area contributed by atoms with Crippen molar-refractivity contribution in [3.05, 3.63) is 59.8 Å². The first-order valence-electron chi connectivity index (χ1n) is 11.8. The normalized spacial score (nSPS) is 10.9. The molecular weight excluding hydrogens is 524 g/mol. The number of fused-ring (bicyclic) bond motifs is 1. The molecule has 2 aromatic carbocycles. The maximum atomic E-state index is 13.3. The van der Waals surface area contributed by atoms with Crippen molar-refractivity contribution in [1.82, 2.24) is 15.5 Å². The largest absolute Gasteiger partial charge is 0.496 e.